The summed E-state index contributed by atoms with van der Waals surface area (Å²) >= 11 is 0. The largest absolute Gasteiger partial charge is 0.490 e. The summed E-state index contributed by atoms with van der Waals surface area (Å²) in [5, 5.41) is 18.3. The number of nitrogens with zero attached hydrogens (tertiary/aromatic N) is 6. The Bertz CT molecular complexity index is 5330. The first-order valence-electron chi connectivity index (χ1n) is 53.2. The highest BCUT2D eigenvalue weighted by atomic mass is 16.5. The van der Waals surface area contributed by atoms with Gasteiger partial charge in [0.05, 0.1) is 73.8 Å². The van der Waals surface area contributed by atoms with E-state index in [-0.39, 0.29) is 90.4 Å². The Hall–Kier alpha value is -12.6. The van der Waals surface area contributed by atoms with Gasteiger partial charge in [-0.05, 0) is 237 Å². The lowest BCUT2D eigenvalue weighted by molar-refractivity contribution is 0.101. The zero-order valence-electron chi connectivity index (χ0n) is 89.0. The molecular weight excluding hydrogens is 1800 g/mol. The Morgan fingerprint density at radius 3 is 0.583 bits per heavy atom. The molecule has 0 radical (unpaired) electrons. The number of nitrogens with one attached hydrogen (secondary N) is 6. The number of rotatable bonds is 63. The van der Waals surface area contributed by atoms with Crippen LogP contribution in [0.5, 0.6) is 34.5 Å². The van der Waals surface area contributed by atoms with Crippen LogP contribution in [0.3, 0.4) is 0 Å². The van der Waals surface area contributed by atoms with Crippen LogP contribution < -0.4 is 60.3 Å². The fourth-order valence-electron chi connectivity index (χ4n) is 17.4. The highest BCUT2D eigenvalue weighted by Gasteiger charge is 2.29. The van der Waals surface area contributed by atoms with Crippen molar-refractivity contribution < 1.29 is 57.2 Å². The van der Waals surface area contributed by atoms with E-state index < -0.39 is 35.4 Å². The van der Waals surface area contributed by atoms with Gasteiger partial charge >= 0.3 is 0 Å². The molecule has 6 heterocycles. The van der Waals surface area contributed by atoms with Gasteiger partial charge in [0, 0.05) is 70.6 Å². The Labute approximate surface area is 857 Å². The molecule has 6 aromatic heterocycles. The fraction of sp³-hybridized carbons (Fsp3) is 0.500. The number of hydrogen-bond donors (Lipinski definition) is 6. The van der Waals surface area contributed by atoms with Gasteiger partial charge in [0.25, 0.3) is 35.4 Å². The van der Waals surface area contributed by atoms with Gasteiger partial charge in [-0.2, -0.15) is 0 Å². The Morgan fingerprint density at radius 1 is 0.208 bits per heavy atom. The number of carbonyl (C=O) groups is 6. The molecule has 0 saturated heterocycles. The van der Waals surface area contributed by atoms with Crippen molar-refractivity contribution in [3.63, 3.8) is 0 Å². The minimum atomic E-state index is -0.779. The molecule has 0 aliphatic heterocycles. The van der Waals surface area contributed by atoms with E-state index in [9.17, 15) is 4.79 Å². The summed E-state index contributed by atoms with van der Waals surface area (Å²) in [5.41, 5.74) is 2.86. The van der Waals surface area contributed by atoms with Crippen molar-refractivity contribution in [2.24, 2.45) is 71.0 Å². The Kier molecular flexibility index (Phi) is 46.9. The molecule has 10 rings (SSSR count). The first kappa shape index (κ1) is 113. The predicted molar refractivity (Wildman–Crippen MR) is 584 cm³/mol. The van der Waals surface area contributed by atoms with E-state index in [0.717, 1.165) is 154 Å². The molecular formula is C120H162N12O12. The average molecular weight is 1960 g/mol. The van der Waals surface area contributed by atoms with E-state index in [4.69, 9.17) is 48.4 Å². The van der Waals surface area contributed by atoms with E-state index in [1.54, 1.807) is 152 Å². The molecule has 144 heavy (non-hydrogen) atoms. The van der Waals surface area contributed by atoms with E-state index in [2.05, 4.69) is 166 Å². The van der Waals surface area contributed by atoms with Crippen LogP contribution in [-0.2, 0) is 0 Å². The summed E-state index contributed by atoms with van der Waals surface area (Å²) in [7, 11) is 0. The normalized spacial score (nSPS) is 12.8. The van der Waals surface area contributed by atoms with Gasteiger partial charge < -0.3 is 60.3 Å². The molecule has 0 bridgehead atoms. The van der Waals surface area contributed by atoms with Crippen molar-refractivity contribution in [2.45, 2.75) is 279 Å². The van der Waals surface area contributed by atoms with Crippen LogP contribution >= 0.6 is 0 Å². The van der Waals surface area contributed by atoms with Crippen LogP contribution in [0.2, 0.25) is 0 Å². The third-order valence-corrected chi connectivity index (χ3v) is 26.4. The molecule has 6 atom stereocenters. The van der Waals surface area contributed by atoms with E-state index >= 15 is 24.0 Å². The smallest absolute Gasteiger partial charge is 0.256 e. The summed E-state index contributed by atoms with van der Waals surface area (Å²) in [6.07, 6.45) is 34.2. The van der Waals surface area contributed by atoms with Crippen LogP contribution in [0.1, 0.15) is 341 Å². The van der Waals surface area contributed by atoms with Gasteiger partial charge in [-0.3, -0.25) is 58.7 Å². The monoisotopic (exact) mass is 1960 g/mol. The molecule has 0 aliphatic rings. The minimum Gasteiger partial charge on any atom is -0.490 e. The average Bonchev–Trinajstić information content (AvgIpc) is 0.826. The Morgan fingerprint density at radius 2 is 0.389 bits per heavy atom. The van der Waals surface area contributed by atoms with E-state index in [0.29, 0.717) is 156 Å². The number of benzene rings is 4. The lowest BCUT2D eigenvalue weighted by Gasteiger charge is -2.21. The molecule has 0 aliphatic carbocycles. The molecule has 24 nitrogen and oxygen atoms in total. The number of ether oxygens (including phenoxy) is 6. The third kappa shape index (κ3) is 37.9. The molecule has 0 saturated carbocycles. The number of hydrogen-bond acceptors (Lipinski definition) is 18. The number of pyridine rings is 6. The van der Waals surface area contributed by atoms with Crippen LogP contribution in [0, 0.1) is 71.0 Å². The summed E-state index contributed by atoms with van der Waals surface area (Å²) in [4.78, 5) is 120. The molecule has 0 unspecified atom stereocenters. The van der Waals surface area contributed by atoms with Crippen LogP contribution in [0.15, 0.2) is 183 Å². The van der Waals surface area contributed by atoms with Gasteiger partial charge in [0.2, 0.25) is 11.5 Å². The van der Waals surface area contributed by atoms with E-state index in [1.807, 2.05) is 6.07 Å². The van der Waals surface area contributed by atoms with Crippen molar-refractivity contribution >= 4 is 69.6 Å². The number of carbonyl (C=O) groups excluding carboxylic acids is 6. The minimum absolute atomic E-state index is 0.146. The van der Waals surface area contributed by atoms with Crippen molar-refractivity contribution in [1.82, 2.24) is 29.9 Å². The van der Waals surface area contributed by atoms with Gasteiger partial charge in [0.1, 0.15) is 34.2 Å². The quantitative estimate of drug-likeness (QED) is 0.0206. The first-order chi connectivity index (χ1) is 69.3. The summed E-state index contributed by atoms with van der Waals surface area (Å²) in [6, 6.07) is 39.6. The third-order valence-electron chi connectivity index (χ3n) is 26.4. The first-order valence-corrected chi connectivity index (χ1v) is 53.2. The second-order valence-corrected chi connectivity index (χ2v) is 42.3. The summed E-state index contributed by atoms with van der Waals surface area (Å²) < 4.78 is 40.7. The molecule has 0 spiro atoms. The number of aromatic nitrogens is 6. The maximum atomic E-state index is 15.6. The van der Waals surface area contributed by atoms with Crippen molar-refractivity contribution in [1.29, 1.82) is 0 Å². The highest BCUT2D eigenvalue weighted by Crippen LogP contribution is 2.44. The second-order valence-electron chi connectivity index (χ2n) is 42.3. The van der Waals surface area contributed by atoms with Crippen molar-refractivity contribution in [3.05, 3.63) is 216 Å². The lowest BCUT2D eigenvalue weighted by Crippen LogP contribution is -2.20. The standard InChI is InChI=1S/C120H162N12O12/c1-79(2)34-22-40-85(13)54-66-139-103-75-95(76-104(140-67-55-86(14)41-23-35-80(3)4)113(103)143-70-58-89(17)44-26-38-83(9)10)119(137)131-101-52-32-64-125-111(101)109-99(50-30-62-123-109)129-117(135)93-72-92(116(134)128-98-49-29-61-122-108(98)107-97(48-28-60-121-107)127-115(133)91-46-20-19-21-47-91)73-94(74-93)118(136)130-100-51-31-63-124-110(100)112-102(53-33-65-126-112)132-120(138)96-77-105(141-68-56-87(15)42-24-36-81(5)6)114(144-71-59-90(18)45-27-39-84(11)12)106(78-96)142-69-57-88(16)43-25-37-82(7)8/h19-21,28-33,46-53,60-65,72-90H,22-27,34-45,54-59,66-71H2,1-18H3,(H,127,133)(H,128,134)(H,129,135)(H,130,136)(H,131,137)(H,132,138)/t85-,86-,87-,88-,89-,90-/m0/s1. The van der Waals surface area contributed by atoms with Crippen LogP contribution in [-0.4, -0.2) is 105 Å². The highest BCUT2D eigenvalue weighted by molar-refractivity contribution is 6.16. The summed E-state index contributed by atoms with van der Waals surface area (Å²) in [5.74, 6) is 4.88. The van der Waals surface area contributed by atoms with Gasteiger partial charge in [0.15, 0.2) is 23.0 Å². The molecule has 6 N–H and O–H groups in total. The van der Waals surface area contributed by atoms with Crippen LogP contribution in [0.4, 0.5) is 34.1 Å². The lowest BCUT2D eigenvalue weighted by atomic mass is 9.97. The zero-order valence-corrected chi connectivity index (χ0v) is 89.0. The molecule has 0 fully saturated rings. The Balaban J connectivity index is 0.989. The number of amides is 6. The van der Waals surface area contributed by atoms with Gasteiger partial charge in [-0.1, -0.05) is 258 Å². The summed E-state index contributed by atoms with van der Waals surface area (Å²) in [6.45, 7) is 43.0. The maximum absolute atomic E-state index is 15.6. The SMILES string of the molecule is CC(C)CCC[C@H](C)CCOc1cc(C(=O)Nc2cccnc2-c2ncccc2NC(=O)c2cc(C(=O)Nc3cccnc3-c3ncccc3NC(=O)c3ccccc3)cc(C(=O)Nc3cccnc3-c3ncccc3NC(=O)c3cc(OCC[C@@H](C)CCCC(C)C)c(OCC[C@@H](C)CCCC(C)C)c(OCC[C@@H](C)CCCC(C)C)c3)c2)cc(OCC[C@@H](C)CCCC(C)C)c1OCC[C@@H](C)CCCC(C)C. The molecule has 6 amide bonds. The zero-order chi connectivity index (χ0) is 103. The molecule has 774 valence electrons. The fourth-order valence-corrected chi connectivity index (χ4v) is 17.4. The molecule has 10 aromatic rings. The number of anilines is 6. The van der Waals surface area contributed by atoms with Crippen molar-refractivity contribution in [3.8, 4) is 68.7 Å². The van der Waals surface area contributed by atoms with Gasteiger partial charge in [-0.15, -0.1) is 0 Å². The molecule has 24 heteroatoms. The molecule has 4 aromatic carbocycles. The van der Waals surface area contributed by atoms with Crippen molar-refractivity contribution in [2.75, 3.05) is 71.5 Å². The topological polar surface area (TPSA) is 307 Å². The van der Waals surface area contributed by atoms with E-state index in [1.165, 1.54) is 24.4 Å². The van der Waals surface area contributed by atoms with Crippen LogP contribution in [0.25, 0.3) is 34.2 Å². The second kappa shape index (κ2) is 59.6. The maximum Gasteiger partial charge on any atom is 0.256 e. The van der Waals surface area contributed by atoms with Gasteiger partial charge in [-0.25, -0.2) is 0 Å². The predicted octanol–water partition coefficient (Wildman–Crippen LogP) is 30.0.